The first-order valence-corrected chi connectivity index (χ1v) is 8.25. The number of aromatic hydroxyl groups is 1. The molecule has 0 aromatic heterocycles. The normalized spacial score (nSPS) is 10.9. The summed E-state index contributed by atoms with van der Waals surface area (Å²) in [5.74, 6) is 0.376. The molecule has 26 heavy (non-hydrogen) atoms. The number of phenols is 1. The van der Waals surface area contributed by atoms with Crippen molar-refractivity contribution in [2.45, 2.75) is 27.2 Å². The van der Waals surface area contributed by atoms with Gasteiger partial charge in [-0.2, -0.15) is 0 Å². The number of carbonyl (C=O) groups is 2. The quantitative estimate of drug-likeness (QED) is 0.600. The van der Waals surface area contributed by atoms with E-state index in [1.807, 2.05) is 20.8 Å². The van der Waals surface area contributed by atoms with Gasteiger partial charge < -0.3 is 19.3 Å². The molecule has 2 aromatic carbocycles. The topological polar surface area (TPSA) is 82.1 Å². The maximum Gasteiger partial charge on any atom is 0.349 e. The molecule has 0 spiro atoms. The van der Waals surface area contributed by atoms with Gasteiger partial charge in [0.05, 0.1) is 5.41 Å². The van der Waals surface area contributed by atoms with E-state index in [1.54, 1.807) is 36.4 Å². The van der Waals surface area contributed by atoms with Crippen LogP contribution in [0.2, 0.25) is 0 Å². The number of ether oxygens (including phenoxy) is 3. The Kier molecular flexibility index (Phi) is 6.22. The van der Waals surface area contributed by atoms with Crippen LogP contribution in [0.5, 0.6) is 23.0 Å². The third-order valence-electron chi connectivity index (χ3n) is 3.90. The van der Waals surface area contributed by atoms with Crippen molar-refractivity contribution in [1.82, 2.24) is 0 Å². The molecule has 0 bridgehead atoms. The van der Waals surface area contributed by atoms with E-state index in [9.17, 15) is 14.7 Å². The zero-order chi connectivity index (χ0) is 19.2. The van der Waals surface area contributed by atoms with E-state index < -0.39 is 11.4 Å². The molecular weight excluding hydrogens is 336 g/mol. The van der Waals surface area contributed by atoms with Crippen LogP contribution in [-0.4, -0.2) is 23.7 Å². The lowest BCUT2D eigenvalue weighted by Crippen LogP contribution is -2.28. The van der Waals surface area contributed by atoms with Crippen LogP contribution in [0.3, 0.4) is 0 Å². The van der Waals surface area contributed by atoms with Gasteiger partial charge in [-0.3, -0.25) is 4.79 Å². The molecule has 0 saturated heterocycles. The van der Waals surface area contributed by atoms with Crippen LogP contribution in [-0.2, 0) is 9.59 Å². The molecular formula is C20H22O6. The number of carbonyl (C=O) groups excluding carboxylic acids is 2. The summed E-state index contributed by atoms with van der Waals surface area (Å²) in [6.45, 7) is 5.29. The Hall–Kier alpha value is -3.02. The van der Waals surface area contributed by atoms with Crippen molar-refractivity contribution in [1.29, 1.82) is 0 Å². The second kappa shape index (κ2) is 8.38. The smallest absolute Gasteiger partial charge is 0.349 e. The summed E-state index contributed by atoms with van der Waals surface area (Å²) in [4.78, 5) is 23.8. The highest BCUT2D eigenvalue weighted by molar-refractivity contribution is 5.78. The number of esters is 2. The van der Waals surface area contributed by atoms with Crippen LogP contribution in [0.15, 0.2) is 48.5 Å². The first kappa shape index (κ1) is 19.3. The van der Waals surface area contributed by atoms with Crippen molar-refractivity contribution in [3.05, 3.63) is 48.5 Å². The van der Waals surface area contributed by atoms with Crippen LogP contribution >= 0.6 is 0 Å². The molecule has 0 radical (unpaired) electrons. The third-order valence-corrected chi connectivity index (χ3v) is 3.90. The van der Waals surface area contributed by atoms with E-state index in [2.05, 4.69) is 0 Å². The van der Waals surface area contributed by atoms with E-state index in [0.717, 1.165) is 0 Å². The van der Waals surface area contributed by atoms with Gasteiger partial charge in [0.15, 0.2) is 6.61 Å². The molecule has 6 heteroatoms. The molecule has 0 heterocycles. The lowest BCUT2D eigenvalue weighted by atomic mass is 9.91. The maximum absolute atomic E-state index is 12.0. The van der Waals surface area contributed by atoms with E-state index in [4.69, 9.17) is 14.2 Å². The maximum atomic E-state index is 12.0. The van der Waals surface area contributed by atoms with E-state index in [0.29, 0.717) is 23.7 Å². The van der Waals surface area contributed by atoms with Crippen molar-refractivity contribution in [2.75, 3.05) is 6.61 Å². The highest BCUT2D eigenvalue weighted by atomic mass is 16.6. The van der Waals surface area contributed by atoms with Crippen molar-refractivity contribution in [2.24, 2.45) is 5.41 Å². The van der Waals surface area contributed by atoms with Gasteiger partial charge in [0.2, 0.25) is 0 Å². The van der Waals surface area contributed by atoms with Gasteiger partial charge >= 0.3 is 11.9 Å². The summed E-state index contributed by atoms with van der Waals surface area (Å²) in [5, 5.41) is 9.19. The molecule has 0 saturated carbocycles. The van der Waals surface area contributed by atoms with Crippen LogP contribution in [0.25, 0.3) is 0 Å². The average molecular weight is 358 g/mol. The Morgan fingerprint density at radius 1 is 0.885 bits per heavy atom. The van der Waals surface area contributed by atoms with E-state index in [-0.39, 0.29) is 18.3 Å². The molecule has 0 unspecified atom stereocenters. The van der Waals surface area contributed by atoms with Crippen molar-refractivity contribution in [3.63, 3.8) is 0 Å². The van der Waals surface area contributed by atoms with Crippen molar-refractivity contribution in [3.8, 4) is 23.0 Å². The van der Waals surface area contributed by atoms with Crippen LogP contribution in [0.1, 0.15) is 27.2 Å². The number of hydrogen-bond donors (Lipinski definition) is 1. The molecule has 6 nitrogen and oxygen atoms in total. The fraction of sp³-hybridized carbons (Fsp3) is 0.300. The second-order valence-corrected chi connectivity index (χ2v) is 6.36. The van der Waals surface area contributed by atoms with Crippen LogP contribution < -0.4 is 14.2 Å². The second-order valence-electron chi connectivity index (χ2n) is 6.36. The molecule has 0 amide bonds. The van der Waals surface area contributed by atoms with E-state index >= 15 is 0 Å². The van der Waals surface area contributed by atoms with Gasteiger partial charge in [-0.05, 0) is 68.8 Å². The monoisotopic (exact) mass is 358 g/mol. The summed E-state index contributed by atoms with van der Waals surface area (Å²) in [5.41, 5.74) is -0.559. The molecule has 2 aromatic rings. The predicted octanol–water partition coefficient (Wildman–Crippen LogP) is 3.72. The molecule has 2 rings (SSSR count). The lowest BCUT2D eigenvalue weighted by molar-refractivity contribution is -0.144. The highest BCUT2D eigenvalue weighted by Gasteiger charge is 2.27. The van der Waals surface area contributed by atoms with Gasteiger partial charge in [-0.25, -0.2) is 4.79 Å². The fourth-order valence-electron chi connectivity index (χ4n) is 1.81. The molecule has 1 N–H and O–H groups in total. The molecule has 0 aliphatic carbocycles. The lowest BCUT2D eigenvalue weighted by Gasteiger charge is -2.20. The third kappa shape index (κ3) is 5.51. The van der Waals surface area contributed by atoms with Crippen molar-refractivity contribution < 1.29 is 28.9 Å². The summed E-state index contributed by atoms with van der Waals surface area (Å²) in [7, 11) is 0. The van der Waals surface area contributed by atoms with Crippen LogP contribution in [0, 0.1) is 5.41 Å². The first-order chi connectivity index (χ1) is 12.3. The number of benzene rings is 2. The summed E-state index contributed by atoms with van der Waals surface area (Å²) < 4.78 is 15.7. The molecule has 0 fully saturated rings. The average Bonchev–Trinajstić information content (AvgIpc) is 2.63. The Morgan fingerprint density at radius 3 is 1.92 bits per heavy atom. The van der Waals surface area contributed by atoms with Gasteiger partial charge in [0.25, 0.3) is 0 Å². The largest absolute Gasteiger partial charge is 0.508 e. The molecule has 138 valence electrons. The van der Waals surface area contributed by atoms with Crippen molar-refractivity contribution >= 4 is 11.9 Å². The zero-order valence-corrected chi connectivity index (χ0v) is 15.0. The summed E-state index contributed by atoms with van der Waals surface area (Å²) in [6, 6.07) is 12.2. The number of phenolic OH excluding ortho intramolecular Hbond substituents is 1. The highest BCUT2D eigenvalue weighted by Crippen LogP contribution is 2.25. The Morgan fingerprint density at radius 2 is 1.38 bits per heavy atom. The minimum Gasteiger partial charge on any atom is -0.508 e. The summed E-state index contributed by atoms with van der Waals surface area (Å²) in [6.07, 6.45) is 0.669. The zero-order valence-electron chi connectivity index (χ0n) is 15.0. The molecule has 0 atom stereocenters. The Bertz CT molecular complexity index is 747. The Labute approximate surface area is 152 Å². The SMILES string of the molecule is CCC(C)(C)C(=O)Oc1ccc(OC(=O)COc2ccc(O)cc2)cc1. The standard InChI is InChI=1S/C20H22O6/c1-4-20(2,3)19(23)26-17-11-9-16(10-12-17)25-18(22)13-24-15-7-5-14(21)6-8-15/h5-12,21H,4,13H2,1-3H3. The minimum absolute atomic E-state index is 0.114. The van der Waals surface area contributed by atoms with E-state index in [1.165, 1.54) is 12.1 Å². The Balaban J connectivity index is 1.85. The fourth-order valence-corrected chi connectivity index (χ4v) is 1.81. The summed E-state index contributed by atoms with van der Waals surface area (Å²) >= 11 is 0. The molecule has 0 aliphatic rings. The number of hydrogen-bond acceptors (Lipinski definition) is 6. The van der Waals surface area contributed by atoms with Gasteiger partial charge in [0, 0.05) is 0 Å². The predicted molar refractivity (Wildman–Crippen MR) is 95.4 cm³/mol. The van der Waals surface area contributed by atoms with Gasteiger partial charge in [0.1, 0.15) is 23.0 Å². The minimum atomic E-state index is -0.574. The van der Waals surface area contributed by atoms with Gasteiger partial charge in [-0.15, -0.1) is 0 Å². The van der Waals surface area contributed by atoms with Gasteiger partial charge in [-0.1, -0.05) is 6.92 Å². The number of rotatable bonds is 7. The van der Waals surface area contributed by atoms with Crippen LogP contribution in [0.4, 0.5) is 0 Å². The first-order valence-electron chi connectivity index (χ1n) is 8.25. The molecule has 0 aliphatic heterocycles.